The van der Waals surface area contributed by atoms with E-state index in [0.717, 1.165) is 23.7 Å². The van der Waals surface area contributed by atoms with E-state index in [9.17, 15) is 4.79 Å². The molecule has 2 N–H and O–H groups in total. The van der Waals surface area contributed by atoms with Crippen molar-refractivity contribution in [1.82, 2.24) is 14.5 Å². The highest BCUT2D eigenvalue weighted by atomic mass is 32.1. The third-order valence-corrected chi connectivity index (χ3v) is 5.16. The first-order valence-electron chi connectivity index (χ1n) is 8.15. The highest BCUT2D eigenvalue weighted by molar-refractivity contribution is 7.71. The molecule has 1 fully saturated rings. The summed E-state index contributed by atoms with van der Waals surface area (Å²) in [5.74, 6) is 0.833. The fraction of sp³-hybridized carbons (Fsp3) is 0.412. The number of nitrogens with zero attached hydrogens (tertiary/aromatic N) is 2. The molecule has 0 amide bonds. The third kappa shape index (κ3) is 2.62. The van der Waals surface area contributed by atoms with Gasteiger partial charge in [0, 0.05) is 18.3 Å². The van der Waals surface area contributed by atoms with Crippen molar-refractivity contribution in [3.05, 3.63) is 51.0 Å². The molecule has 0 radical (unpaired) electrons. The normalized spacial score (nSPS) is 18.6. The third-order valence-electron chi connectivity index (χ3n) is 4.87. The first-order chi connectivity index (χ1) is 11.2. The highest BCUT2D eigenvalue weighted by Gasteiger charge is 2.28. The number of hydrogen-bond acceptors (Lipinski definition) is 4. The van der Waals surface area contributed by atoms with Crippen LogP contribution in [0.15, 0.2) is 35.1 Å². The van der Waals surface area contributed by atoms with Crippen LogP contribution >= 0.6 is 12.2 Å². The average Bonchev–Trinajstić information content (AvgIpc) is 3.10. The molecule has 5 nitrogen and oxygen atoms in total. The second-order valence-corrected chi connectivity index (χ2v) is 6.66. The van der Waals surface area contributed by atoms with Crippen LogP contribution in [0, 0.1) is 4.77 Å². The second kappa shape index (κ2) is 5.94. The zero-order valence-corrected chi connectivity index (χ0v) is 13.7. The fourth-order valence-corrected chi connectivity index (χ4v) is 3.98. The molecule has 2 heterocycles. The molecule has 0 unspecified atom stereocenters. The average molecular weight is 328 g/mol. The number of aromatic nitrogens is 2. The number of fused-ring (bicyclic) bond motifs is 1. The molecule has 23 heavy (non-hydrogen) atoms. The predicted molar refractivity (Wildman–Crippen MR) is 93.5 cm³/mol. The number of anilines is 1. The Kier molecular flexibility index (Phi) is 3.79. The number of hydrogen-bond donors (Lipinski definition) is 2. The molecule has 1 aromatic carbocycles. The topological polar surface area (TPSA) is 53.1 Å². The minimum Gasteiger partial charge on any atom is -0.358 e. The van der Waals surface area contributed by atoms with Gasteiger partial charge in [0.15, 0.2) is 4.77 Å². The fourth-order valence-electron chi connectivity index (χ4n) is 3.69. The molecule has 0 spiro atoms. The number of para-hydroxylation sites is 1. The molecule has 1 saturated carbocycles. The number of H-pyrrole nitrogens is 1. The monoisotopic (exact) mass is 328 g/mol. The van der Waals surface area contributed by atoms with Crippen molar-refractivity contribution in [2.75, 3.05) is 12.0 Å². The minimum atomic E-state index is -0.0765. The van der Waals surface area contributed by atoms with Crippen LogP contribution in [0.5, 0.6) is 0 Å². The van der Waals surface area contributed by atoms with Crippen molar-refractivity contribution >= 4 is 18.0 Å². The van der Waals surface area contributed by atoms with Gasteiger partial charge in [-0.25, -0.2) is 0 Å². The van der Waals surface area contributed by atoms with Gasteiger partial charge in [-0.3, -0.25) is 19.2 Å². The molecule has 4 rings (SSSR count). The maximum atomic E-state index is 12.4. The molecular formula is C17H20N4OS. The Hall–Kier alpha value is -1.92. The molecule has 0 bridgehead atoms. The van der Waals surface area contributed by atoms with Crippen LogP contribution in [0.3, 0.4) is 0 Å². The van der Waals surface area contributed by atoms with Crippen molar-refractivity contribution in [2.45, 2.75) is 38.3 Å². The van der Waals surface area contributed by atoms with E-state index >= 15 is 0 Å². The molecule has 1 aliphatic heterocycles. The Morgan fingerprint density at radius 3 is 2.61 bits per heavy atom. The van der Waals surface area contributed by atoms with E-state index in [4.69, 9.17) is 12.2 Å². The van der Waals surface area contributed by atoms with Gasteiger partial charge in [-0.15, -0.1) is 0 Å². The lowest BCUT2D eigenvalue weighted by Crippen LogP contribution is -2.43. The van der Waals surface area contributed by atoms with E-state index in [0.29, 0.717) is 17.4 Å². The summed E-state index contributed by atoms with van der Waals surface area (Å²) in [5.41, 5.74) is 1.67. The van der Waals surface area contributed by atoms with Gasteiger partial charge < -0.3 is 5.32 Å². The van der Waals surface area contributed by atoms with Gasteiger partial charge in [0.05, 0.1) is 12.2 Å². The van der Waals surface area contributed by atoms with E-state index in [1.54, 1.807) is 0 Å². The first kappa shape index (κ1) is 14.7. The minimum absolute atomic E-state index is 0.0765. The van der Waals surface area contributed by atoms with Gasteiger partial charge in [-0.2, -0.15) is 0 Å². The van der Waals surface area contributed by atoms with E-state index < -0.39 is 0 Å². The standard InChI is InChI=1S/C17H20N4OS/c22-16-14-10-20(12-6-4-5-7-12)11-18-15(14)21(17(23)19-16)13-8-2-1-3-9-13/h1-3,8-9,12,18H,4-7,10-11H2,(H,19,22,23). The lowest BCUT2D eigenvalue weighted by Gasteiger charge is -2.34. The van der Waals surface area contributed by atoms with Crippen LogP contribution in [0.2, 0.25) is 0 Å². The van der Waals surface area contributed by atoms with Crippen molar-refractivity contribution in [3.8, 4) is 5.69 Å². The van der Waals surface area contributed by atoms with Gasteiger partial charge in [-0.05, 0) is 37.2 Å². The summed E-state index contributed by atoms with van der Waals surface area (Å²) in [6, 6.07) is 10.5. The Morgan fingerprint density at radius 1 is 1.13 bits per heavy atom. The molecule has 1 aliphatic carbocycles. The summed E-state index contributed by atoms with van der Waals surface area (Å²) >= 11 is 5.40. The zero-order valence-electron chi connectivity index (χ0n) is 12.9. The molecular weight excluding hydrogens is 308 g/mol. The van der Waals surface area contributed by atoms with Crippen molar-refractivity contribution in [2.24, 2.45) is 0 Å². The van der Waals surface area contributed by atoms with Gasteiger partial charge in [0.25, 0.3) is 5.56 Å². The maximum Gasteiger partial charge on any atom is 0.258 e. The van der Waals surface area contributed by atoms with E-state index in [-0.39, 0.29) is 5.56 Å². The van der Waals surface area contributed by atoms with E-state index in [1.165, 1.54) is 25.7 Å². The van der Waals surface area contributed by atoms with Crippen LogP contribution in [0.25, 0.3) is 5.69 Å². The van der Waals surface area contributed by atoms with Crippen LogP contribution in [0.4, 0.5) is 5.82 Å². The molecule has 2 aliphatic rings. The highest BCUT2D eigenvalue weighted by Crippen LogP contribution is 2.29. The lowest BCUT2D eigenvalue weighted by atomic mass is 10.1. The smallest absolute Gasteiger partial charge is 0.258 e. The maximum absolute atomic E-state index is 12.4. The molecule has 0 atom stereocenters. The molecule has 120 valence electrons. The van der Waals surface area contributed by atoms with Crippen molar-refractivity contribution in [3.63, 3.8) is 0 Å². The molecule has 2 aromatic rings. The molecule has 6 heteroatoms. The predicted octanol–water partition coefficient (Wildman–Crippen LogP) is 3.02. The zero-order chi connectivity index (χ0) is 15.8. The van der Waals surface area contributed by atoms with Crippen LogP contribution < -0.4 is 10.9 Å². The summed E-state index contributed by atoms with van der Waals surface area (Å²) < 4.78 is 2.36. The van der Waals surface area contributed by atoms with Gasteiger partial charge in [0.1, 0.15) is 5.82 Å². The number of benzene rings is 1. The lowest BCUT2D eigenvalue weighted by molar-refractivity contribution is 0.195. The number of nitrogens with one attached hydrogen (secondary N) is 2. The number of aromatic amines is 1. The summed E-state index contributed by atoms with van der Waals surface area (Å²) in [6.45, 7) is 1.45. The Labute approximate surface area is 140 Å². The van der Waals surface area contributed by atoms with Crippen LogP contribution in [-0.2, 0) is 6.54 Å². The second-order valence-electron chi connectivity index (χ2n) is 6.28. The SMILES string of the molecule is O=c1[nH]c(=S)n(-c2ccccc2)c2c1CN(C1CCCC1)CN2. The van der Waals surface area contributed by atoms with Crippen LogP contribution in [0.1, 0.15) is 31.2 Å². The Bertz CT molecular complexity index is 821. The largest absolute Gasteiger partial charge is 0.358 e. The van der Waals surface area contributed by atoms with Gasteiger partial charge in [0.2, 0.25) is 0 Å². The van der Waals surface area contributed by atoms with Gasteiger partial charge in [-0.1, -0.05) is 31.0 Å². The van der Waals surface area contributed by atoms with Crippen LogP contribution in [-0.4, -0.2) is 27.2 Å². The van der Waals surface area contributed by atoms with E-state index in [2.05, 4.69) is 15.2 Å². The Balaban J connectivity index is 1.79. The molecule has 0 saturated heterocycles. The van der Waals surface area contributed by atoms with Crippen molar-refractivity contribution in [1.29, 1.82) is 0 Å². The quantitative estimate of drug-likeness (QED) is 0.832. The summed E-state index contributed by atoms with van der Waals surface area (Å²) in [6.07, 6.45) is 5.04. The van der Waals surface area contributed by atoms with E-state index in [1.807, 2.05) is 34.9 Å². The van der Waals surface area contributed by atoms with Gasteiger partial charge >= 0.3 is 0 Å². The summed E-state index contributed by atoms with van der Waals surface area (Å²) in [7, 11) is 0. The molecule has 1 aromatic heterocycles. The summed E-state index contributed by atoms with van der Waals surface area (Å²) in [5, 5.41) is 3.44. The first-order valence-corrected chi connectivity index (χ1v) is 8.56. The summed E-state index contributed by atoms with van der Waals surface area (Å²) in [4.78, 5) is 17.6. The number of rotatable bonds is 2. The Morgan fingerprint density at radius 2 is 1.87 bits per heavy atom. The van der Waals surface area contributed by atoms with Crippen molar-refractivity contribution < 1.29 is 0 Å².